The fraction of sp³-hybridized carbons (Fsp3) is 0.263. The van der Waals surface area contributed by atoms with Gasteiger partial charge in [-0.2, -0.15) is 0 Å². The van der Waals surface area contributed by atoms with Crippen LogP contribution in [0.15, 0.2) is 42.5 Å². The van der Waals surface area contributed by atoms with Crippen molar-refractivity contribution in [2.45, 2.75) is 27.2 Å². The van der Waals surface area contributed by atoms with Crippen molar-refractivity contribution in [3.05, 3.63) is 59.2 Å². The topological polar surface area (TPSA) is 55.4 Å². The van der Waals surface area contributed by atoms with Gasteiger partial charge in [0.15, 0.2) is 12.4 Å². The number of ketones is 1. The molecule has 0 aromatic heterocycles. The number of carbonyl (C=O) groups excluding carboxylic acids is 2. The Hall–Kier alpha value is -2.62. The van der Waals surface area contributed by atoms with Gasteiger partial charge in [-0.1, -0.05) is 25.1 Å². The second kappa shape index (κ2) is 7.58. The van der Waals surface area contributed by atoms with E-state index < -0.39 is 0 Å². The Balaban J connectivity index is 1.93. The van der Waals surface area contributed by atoms with Gasteiger partial charge in [0.05, 0.1) is 0 Å². The highest BCUT2D eigenvalue weighted by Gasteiger charge is 2.08. The van der Waals surface area contributed by atoms with Crippen molar-refractivity contribution < 1.29 is 14.3 Å². The summed E-state index contributed by atoms with van der Waals surface area (Å²) in [5, 5.41) is 2.87. The zero-order valence-corrected chi connectivity index (χ0v) is 13.7. The zero-order valence-electron chi connectivity index (χ0n) is 13.7. The molecule has 2 aromatic carbocycles. The van der Waals surface area contributed by atoms with E-state index in [0.29, 0.717) is 17.7 Å². The first-order chi connectivity index (χ1) is 11.0. The number of anilines is 1. The first kappa shape index (κ1) is 16.7. The van der Waals surface area contributed by atoms with Gasteiger partial charge in [0.1, 0.15) is 5.75 Å². The van der Waals surface area contributed by atoms with Crippen LogP contribution in [0.2, 0.25) is 0 Å². The molecule has 1 N–H and O–H groups in total. The van der Waals surface area contributed by atoms with Gasteiger partial charge in [0.2, 0.25) is 0 Å². The van der Waals surface area contributed by atoms with E-state index in [1.165, 1.54) is 0 Å². The molecule has 0 heterocycles. The van der Waals surface area contributed by atoms with E-state index in [1.807, 2.05) is 39.0 Å². The third-order valence-corrected chi connectivity index (χ3v) is 3.61. The molecule has 0 unspecified atom stereocenters. The van der Waals surface area contributed by atoms with Gasteiger partial charge < -0.3 is 10.1 Å². The van der Waals surface area contributed by atoms with Crippen LogP contribution in [0.4, 0.5) is 5.69 Å². The molecule has 0 radical (unpaired) electrons. The highest BCUT2D eigenvalue weighted by Crippen LogP contribution is 2.19. The molecule has 0 spiro atoms. The van der Waals surface area contributed by atoms with Gasteiger partial charge in [-0.15, -0.1) is 0 Å². The zero-order chi connectivity index (χ0) is 16.8. The van der Waals surface area contributed by atoms with Gasteiger partial charge in [0.25, 0.3) is 5.91 Å². The van der Waals surface area contributed by atoms with E-state index in [4.69, 9.17) is 4.74 Å². The number of hydrogen-bond donors (Lipinski definition) is 1. The van der Waals surface area contributed by atoms with Crippen LogP contribution in [0, 0.1) is 13.8 Å². The van der Waals surface area contributed by atoms with Crippen LogP contribution in [0.5, 0.6) is 5.75 Å². The molecule has 120 valence electrons. The molecule has 23 heavy (non-hydrogen) atoms. The largest absolute Gasteiger partial charge is 0.484 e. The SMILES string of the molecule is CCC(=O)c1ccc(OCC(=O)Nc2c(C)cccc2C)cc1. The van der Waals surface area contributed by atoms with E-state index >= 15 is 0 Å². The first-order valence-corrected chi connectivity index (χ1v) is 7.63. The fourth-order valence-electron chi connectivity index (χ4n) is 2.28. The lowest BCUT2D eigenvalue weighted by Crippen LogP contribution is -2.21. The van der Waals surface area contributed by atoms with Crippen LogP contribution in [-0.4, -0.2) is 18.3 Å². The van der Waals surface area contributed by atoms with Gasteiger partial charge in [-0.25, -0.2) is 0 Å². The minimum absolute atomic E-state index is 0.0746. The van der Waals surface area contributed by atoms with Crippen molar-refractivity contribution in [1.82, 2.24) is 0 Å². The lowest BCUT2D eigenvalue weighted by molar-refractivity contribution is -0.118. The fourth-order valence-corrected chi connectivity index (χ4v) is 2.28. The number of aryl methyl sites for hydroxylation is 2. The van der Waals surface area contributed by atoms with Crippen molar-refractivity contribution in [2.24, 2.45) is 0 Å². The van der Waals surface area contributed by atoms with Crippen molar-refractivity contribution in [3.63, 3.8) is 0 Å². The molecule has 4 nitrogen and oxygen atoms in total. The van der Waals surface area contributed by atoms with Crippen molar-refractivity contribution in [3.8, 4) is 5.75 Å². The lowest BCUT2D eigenvalue weighted by Gasteiger charge is -2.12. The highest BCUT2D eigenvalue weighted by molar-refractivity contribution is 5.96. The molecular weight excluding hydrogens is 290 g/mol. The van der Waals surface area contributed by atoms with E-state index in [1.54, 1.807) is 24.3 Å². The number of Topliss-reactive ketones (excluding diaryl/α,β-unsaturated/α-hetero) is 1. The number of carbonyl (C=O) groups is 2. The Morgan fingerprint density at radius 2 is 1.61 bits per heavy atom. The summed E-state index contributed by atoms with van der Waals surface area (Å²) in [7, 11) is 0. The van der Waals surface area contributed by atoms with Crippen LogP contribution in [0.3, 0.4) is 0 Å². The van der Waals surface area contributed by atoms with Crippen LogP contribution < -0.4 is 10.1 Å². The van der Waals surface area contributed by atoms with Crippen LogP contribution in [0.1, 0.15) is 34.8 Å². The molecule has 0 saturated carbocycles. The molecule has 0 saturated heterocycles. The van der Waals surface area contributed by atoms with Gasteiger partial charge >= 0.3 is 0 Å². The first-order valence-electron chi connectivity index (χ1n) is 7.63. The predicted octanol–water partition coefficient (Wildman–Crippen LogP) is 3.91. The number of hydrogen-bond acceptors (Lipinski definition) is 3. The van der Waals surface area contributed by atoms with Crippen molar-refractivity contribution >= 4 is 17.4 Å². The third kappa shape index (κ3) is 4.42. The normalized spacial score (nSPS) is 10.2. The number of benzene rings is 2. The van der Waals surface area contributed by atoms with Crippen LogP contribution >= 0.6 is 0 Å². The maximum absolute atomic E-state index is 12.0. The molecule has 4 heteroatoms. The molecule has 0 bridgehead atoms. The Bertz CT molecular complexity index is 685. The minimum atomic E-state index is -0.212. The summed E-state index contributed by atoms with van der Waals surface area (Å²) in [5.41, 5.74) is 3.51. The average Bonchev–Trinajstić information content (AvgIpc) is 2.56. The monoisotopic (exact) mass is 311 g/mol. The van der Waals surface area contributed by atoms with E-state index in [-0.39, 0.29) is 18.3 Å². The highest BCUT2D eigenvalue weighted by atomic mass is 16.5. The maximum Gasteiger partial charge on any atom is 0.262 e. The summed E-state index contributed by atoms with van der Waals surface area (Å²) < 4.78 is 5.46. The Morgan fingerprint density at radius 3 is 2.17 bits per heavy atom. The third-order valence-electron chi connectivity index (χ3n) is 3.61. The number of amides is 1. The second-order valence-corrected chi connectivity index (χ2v) is 5.40. The molecule has 0 aliphatic rings. The summed E-state index contributed by atoms with van der Waals surface area (Å²) in [6, 6.07) is 12.7. The van der Waals surface area contributed by atoms with Crippen LogP contribution in [0.25, 0.3) is 0 Å². The smallest absolute Gasteiger partial charge is 0.262 e. The second-order valence-electron chi connectivity index (χ2n) is 5.40. The molecule has 0 atom stereocenters. The van der Waals surface area contributed by atoms with Gasteiger partial charge in [-0.3, -0.25) is 9.59 Å². The summed E-state index contributed by atoms with van der Waals surface area (Å²) in [6.45, 7) is 5.65. The standard InChI is InChI=1S/C19H21NO3/c1-4-17(21)15-8-10-16(11-9-15)23-12-18(22)20-19-13(2)6-5-7-14(19)3/h5-11H,4,12H2,1-3H3,(H,20,22). The molecular formula is C19H21NO3. The number of para-hydroxylation sites is 1. The molecule has 2 rings (SSSR count). The van der Waals surface area contributed by atoms with E-state index in [9.17, 15) is 9.59 Å². The summed E-state index contributed by atoms with van der Waals surface area (Å²) in [6.07, 6.45) is 0.471. The number of rotatable bonds is 6. The summed E-state index contributed by atoms with van der Waals surface area (Å²) in [5.74, 6) is 0.440. The Morgan fingerprint density at radius 1 is 1.00 bits per heavy atom. The summed E-state index contributed by atoms with van der Waals surface area (Å²) in [4.78, 5) is 23.6. The number of nitrogens with one attached hydrogen (secondary N) is 1. The van der Waals surface area contributed by atoms with Crippen molar-refractivity contribution in [1.29, 1.82) is 0 Å². The number of ether oxygens (including phenoxy) is 1. The average molecular weight is 311 g/mol. The molecule has 0 aliphatic carbocycles. The Labute approximate surface area is 136 Å². The maximum atomic E-state index is 12.0. The minimum Gasteiger partial charge on any atom is -0.484 e. The van der Waals surface area contributed by atoms with Crippen molar-refractivity contribution in [2.75, 3.05) is 11.9 Å². The van der Waals surface area contributed by atoms with Crippen LogP contribution in [-0.2, 0) is 4.79 Å². The Kier molecular flexibility index (Phi) is 5.52. The van der Waals surface area contributed by atoms with Gasteiger partial charge in [-0.05, 0) is 49.2 Å². The lowest BCUT2D eigenvalue weighted by atomic mass is 10.1. The molecule has 0 fully saturated rings. The molecule has 1 amide bonds. The summed E-state index contributed by atoms with van der Waals surface area (Å²) >= 11 is 0. The molecule has 0 aliphatic heterocycles. The molecule has 2 aromatic rings. The quantitative estimate of drug-likeness (QED) is 0.823. The van der Waals surface area contributed by atoms with Gasteiger partial charge in [0, 0.05) is 17.7 Å². The van der Waals surface area contributed by atoms with E-state index in [0.717, 1.165) is 16.8 Å². The predicted molar refractivity (Wildman–Crippen MR) is 91.1 cm³/mol. The van der Waals surface area contributed by atoms with E-state index in [2.05, 4.69) is 5.32 Å².